The van der Waals surface area contributed by atoms with Gasteiger partial charge in [-0.15, -0.1) is 0 Å². The summed E-state index contributed by atoms with van der Waals surface area (Å²) in [6.45, 7) is 8.98. The predicted molar refractivity (Wildman–Crippen MR) is 127 cm³/mol. The Hall–Kier alpha value is -2.86. The van der Waals surface area contributed by atoms with Crippen molar-refractivity contribution in [2.24, 2.45) is 5.92 Å². The monoisotopic (exact) mass is 437 g/mol. The van der Waals surface area contributed by atoms with Crippen molar-refractivity contribution in [1.29, 1.82) is 0 Å². The molecular formula is C26H35N3O3. The maximum absolute atomic E-state index is 12.9. The van der Waals surface area contributed by atoms with Crippen LogP contribution in [0.25, 0.3) is 0 Å². The number of methoxy groups -OCH3 is 1. The van der Waals surface area contributed by atoms with Crippen molar-refractivity contribution in [3.8, 4) is 0 Å². The molecule has 0 spiro atoms. The highest BCUT2D eigenvalue weighted by Gasteiger charge is 2.30. The smallest absolute Gasteiger partial charge is 0.333 e. The topological polar surface area (TPSA) is 61.9 Å². The molecule has 0 bridgehead atoms. The molecule has 3 rings (SSSR count). The van der Waals surface area contributed by atoms with Crippen molar-refractivity contribution in [1.82, 2.24) is 10.2 Å². The van der Waals surface area contributed by atoms with Gasteiger partial charge in [0, 0.05) is 31.2 Å². The number of hydrogen-bond donors (Lipinski definition) is 1. The average molecular weight is 438 g/mol. The third-order valence-electron chi connectivity index (χ3n) is 6.29. The van der Waals surface area contributed by atoms with Crippen molar-refractivity contribution in [2.45, 2.75) is 39.3 Å². The Balaban J connectivity index is 1.52. The fraction of sp³-hybridized carbons (Fsp3) is 0.462. The number of ether oxygens (including phenoxy) is 1. The number of carbonyl (C=O) groups excluding carboxylic acids is 2. The molecule has 0 aliphatic carbocycles. The van der Waals surface area contributed by atoms with Crippen molar-refractivity contribution in [2.75, 3.05) is 38.2 Å². The number of nitrogens with zero attached hydrogens (tertiary/aromatic N) is 2. The first-order valence-corrected chi connectivity index (χ1v) is 11.5. The van der Waals surface area contributed by atoms with Crippen LogP contribution in [0.4, 0.5) is 5.69 Å². The molecule has 0 radical (unpaired) electrons. The number of amides is 1. The van der Waals surface area contributed by atoms with Crippen LogP contribution in [0.15, 0.2) is 54.6 Å². The fourth-order valence-electron chi connectivity index (χ4n) is 4.31. The lowest BCUT2D eigenvalue weighted by atomic mass is 9.94. The molecule has 0 saturated carbocycles. The number of nitrogens with one attached hydrogen (secondary N) is 1. The van der Waals surface area contributed by atoms with Crippen molar-refractivity contribution < 1.29 is 14.3 Å². The summed E-state index contributed by atoms with van der Waals surface area (Å²) in [7, 11) is 1.34. The fourth-order valence-corrected chi connectivity index (χ4v) is 4.31. The highest BCUT2D eigenvalue weighted by Crippen LogP contribution is 2.23. The largest absolute Gasteiger partial charge is 0.467 e. The maximum atomic E-state index is 12.9. The Labute approximate surface area is 191 Å². The summed E-state index contributed by atoms with van der Waals surface area (Å²) in [6, 6.07) is 17.3. The normalized spacial score (nSPS) is 15.7. The number of benzene rings is 2. The van der Waals surface area contributed by atoms with Crippen LogP contribution in [0.5, 0.6) is 0 Å². The second-order valence-corrected chi connectivity index (χ2v) is 8.26. The van der Waals surface area contributed by atoms with Crippen LogP contribution in [0.3, 0.4) is 0 Å². The molecule has 1 aliphatic rings. The lowest BCUT2D eigenvalue weighted by Gasteiger charge is -2.32. The van der Waals surface area contributed by atoms with E-state index in [2.05, 4.69) is 53.2 Å². The van der Waals surface area contributed by atoms with Crippen LogP contribution in [-0.4, -0.2) is 50.1 Å². The zero-order valence-electron chi connectivity index (χ0n) is 19.4. The van der Waals surface area contributed by atoms with Gasteiger partial charge in [-0.25, -0.2) is 4.79 Å². The standard InChI is InChI=1S/C26H35N3O3/c1-4-29(5-2)23-13-11-20(12-14-23)19-28-17-15-22(16-18-28)25(30)27-24(26(31)32-3)21-9-7-6-8-10-21/h6-14,22,24H,4-5,15-19H2,1-3H3,(H,27,30). The van der Waals surface area contributed by atoms with Gasteiger partial charge in [0.1, 0.15) is 0 Å². The Kier molecular flexibility index (Phi) is 8.68. The molecule has 1 atom stereocenters. The van der Waals surface area contributed by atoms with Gasteiger partial charge in [0.25, 0.3) is 0 Å². The van der Waals surface area contributed by atoms with Gasteiger partial charge in [0.05, 0.1) is 7.11 Å². The second kappa shape index (κ2) is 11.7. The number of rotatable bonds is 9. The van der Waals surface area contributed by atoms with Crippen molar-refractivity contribution in [3.63, 3.8) is 0 Å². The summed E-state index contributed by atoms with van der Waals surface area (Å²) < 4.78 is 4.91. The van der Waals surface area contributed by atoms with Crippen LogP contribution in [-0.2, 0) is 20.9 Å². The molecule has 1 amide bonds. The van der Waals surface area contributed by atoms with E-state index < -0.39 is 12.0 Å². The second-order valence-electron chi connectivity index (χ2n) is 8.26. The van der Waals surface area contributed by atoms with Gasteiger partial charge in [-0.1, -0.05) is 42.5 Å². The number of esters is 1. The molecule has 1 saturated heterocycles. The van der Waals surface area contributed by atoms with Gasteiger partial charge >= 0.3 is 5.97 Å². The summed E-state index contributed by atoms with van der Waals surface area (Å²) >= 11 is 0. The summed E-state index contributed by atoms with van der Waals surface area (Å²) in [5.41, 5.74) is 3.28. The van der Waals surface area contributed by atoms with Gasteiger partial charge < -0.3 is 15.0 Å². The minimum absolute atomic E-state index is 0.0764. The molecule has 6 nitrogen and oxygen atoms in total. The Morgan fingerprint density at radius 3 is 2.22 bits per heavy atom. The number of hydrogen-bond acceptors (Lipinski definition) is 5. The minimum Gasteiger partial charge on any atom is -0.467 e. The minimum atomic E-state index is -0.768. The lowest BCUT2D eigenvalue weighted by molar-refractivity contribution is -0.146. The molecule has 1 N–H and O–H groups in total. The third-order valence-corrected chi connectivity index (χ3v) is 6.29. The average Bonchev–Trinajstić information content (AvgIpc) is 2.84. The molecule has 2 aromatic carbocycles. The Morgan fingerprint density at radius 1 is 1.03 bits per heavy atom. The van der Waals surface area contributed by atoms with Crippen molar-refractivity contribution in [3.05, 3.63) is 65.7 Å². The highest BCUT2D eigenvalue weighted by molar-refractivity contribution is 5.86. The van der Waals surface area contributed by atoms with Crippen LogP contribution in [0.2, 0.25) is 0 Å². The molecule has 0 aromatic heterocycles. The van der Waals surface area contributed by atoms with E-state index in [0.29, 0.717) is 0 Å². The quantitative estimate of drug-likeness (QED) is 0.605. The van der Waals surface area contributed by atoms with Crippen LogP contribution in [0.1, 0.15) is 43.9 Å². The zero-order valence-corrected chi connectivity index (χ0v) is 19.4. The SMILES string of the molecule is CCN(CC)c1ccc(CN2CCC(C(=O)NC(C(=O)OC)c3ccccc3)CC2)cc1. The third kappa shape index (κ3) is 6.10. The Bertz CT molecular complexity index is 858. The van der Waals surface area contributed by atoms with E-state index in [-0.39, 0.29) is 11.8 Å². The molecule has 32 heavy (non-hydrogen) atoms. The van der Waals surface area contributed by atoms with E-state index in [1.807, 2.05) is 30.3 Å². The van der Waals surface area contributed by atoms with Gasteiger partial charge in [0.15, 0.2) is 6.04 Å². The lowest BCUT2D eigenvalue weighted by Crippen LogP contribution is -2.43. The van der Waals surface area contributed by atoms with Crippen LogP contribution >= 0.6 is 0 Å². The first-order chi connectivity index (χ1) is 15.5. The van der Waals surface area contributed by atoms with E-state index in [9.17, 15) is 9.59 Å². The van der Waals surface area contributed by atoms with E-state index in [1.54, 1.807) is 0 Å². The number of carbonyl (C=O) groups is 2. The van der Waals surface area contributed by atoms with Gasteiger partial charge in [-0.3, -0.25) is 9.69 Å². The summed E-state index contributed by atoms with van der Waals surface area (Å²) in [5.74, 6) is -0.616. The van der Waals surface area contributed by atoms with E-state index in [0.717, 1.165) is 51.1 Å². The van der Waals surface area contributed by atoms with Gasteiger partial charge in [0.2, 0.25) is 5.91 Å². The predicted octanol–water partition coefficient (Wildman–Crippen LogP) is 3.78. The molecule has 1 fully saturated rings. The molecular weight excluding hydrogens is 402 g/mol. The summed E-state index contributed by atoms with van der Waals surface area (Å²) in [6.07, 6.45) is 1.57. The number of likely N-dealkylation sites (tertiary alicyclic amines) is 1. The van der Waals surface area contributed by atoms with E-state index in [1.165, 1.54) is 18.4 Å². The van der Waals surface area contributed by atoms with Crippen LogP contribution < -0.4 is 10.2 Å². The first-order valence-electron chi connectivity index (χ1n) is 11.5. The molecule has 1 heterocycles. The van der Waals surface area contributed by atoms with Gasteiger partial charge in [-0.05, 0) is 63.0 Å². The van der Waals surface area contributed by atoms with Crippen molar-refractivity contribution >= 4 is 17.6 Å². The number of anilines is 1. The summed E-state index contributed by atoms with van der Waals surface area (Å²) in [5, 5.41) is 2.91. The Morgan fingerprint density at radius 2 is 1.66 bits per heavy atom. The molecule has 2 aromatic rings. The molecule has 1 unspecified atom stereocenters. The zero-order chi connectivity index (χ0) is 22.9. The van der Waals surface area contributed by atoms with E-state index in [4.69, 9.17) is 4.74 Å². The van der Waals surface area contributed by atoms with Gasteiger partial charge in [-0.2, -0.15) is 0 Å². The van der Waals surface area contributed by atoms with Crippen LogP contribution in [0, 0.1) is 5.92 Å². The molecule has 6 heteroatoms. The maximum Gasteiger partial charge on any atom is 0.333 e. The first kappa shape index (κ1) is 23.8. The van der Waals surface area contributed by atoms with E-state index >= 15 is 0 Å². The summed E-state index contributed by atoms with van der Waals surface area (Å²) in [4.78, 5) is 29.9. The molecule has 1 aliphatic heterocycles. The molecule has 172 valence electrons. The highest BCUT2D eigenvalue weighted by atomic mass is 16.5. The number of piperidine rings is 1.